The zero-order valence-corrected chi connectivity index (χ0v) is 32.0. The second-order valence-electron chi connectivity index (χ2n) is 14.6. The van der Waals surface area contributed by atoms with E-state index in [2.05, 4.69) is 6.07 Å². The molecule has 1 saturated heterocycles. The van der Waals surface area contributed by atoms with E-state index in [1.807, 2.05) is 75.1 Å². The maximum atomic E-state index is 13.5. The van der Waals surface area contributed by atoms with Crippen LogP contribution in [0.3, 0.4) is 0 Å². The van der Waals surface area contributed by atoms with Gasteiger partial charge < -0.3 is 28.9 Å². The number of aromatic nitrogens is 2. The highest BCUT2D eigenvalue weighted by atomic mass is 19.3. The quantitative estimate of drug-likeness (QED) is 0.0988. The van der Waals surface area contributed by atoms with Gasteiger partial charge in [0.25, 0.3) is 0 Å². The number of fused-ring (bicyclic) bond motifs is 2. The van der Waals surface area contributed by atoms with Gasteiger partial charge in [0, 0.05) is 47.9 Å². The summed E-state index contributed by atoms with van der Waals surface area (Å²) in [4.78, 5) is 25.1. The predicted molar refractivity (Wildman–Crippen MR) is 208 cm³/mol. The van der Waals surface area contributed by atoms with Crippen LogP contribution in [0.5, 0.6) is 5.75 Å². The van der Waals surface area contributed by atoms with E-state index < -0.39 is 18.6 Å². The fraction of sp³-hybridized carbons (Fsp3) is 0.349. The van der Waals surface area contributed by atoms with Crippen LogP contribution in [-0.2, 0) is 17.9 Å². The number of rotatable bonds is 14. The summed E-state index contributed by atoms with van der Waals surface area (Å²) in [7, 11) is 0. The molecular weight excluding hydrogens is 736 g/mol. The molecule has 1 aliphatic rings. The van der Waals surface area contributed by atoms with Crippen molar-refractivity contribution in [3.05, 3.63) is 88.5 Å². The molecule has 3 N–H and O–H groups in total. The SMILES string of the molecule is Cc1c(-c2nc3cc(CN4CCC[C@H]4C(=O)O)c(OC(F)F)cc3o2)cccc1-c1cccc(-c2nc3cc(CN(C(C)CO)C(C)CO)cc(C#N)c3o2)c1C. The minimum absolute atomic E-state index is 0.0872. The second-order valence-corrected chi connectivity index (χ2v) is 14.6. The molecule has 1 aliphatic heterocycles. The van der Waals surface area contributed by atoms with Crippen LogP contribution in [0.1, 0.15) is 54.5 Å². The number of hydrogen-bond donors (Lipinski definition) is 3. The average molecular weight is 780 g/mol. The van der Waals surface area contributed by atoms with Crippen molar-refractivity contribution in [1.29, 1.82) is 5.26 Å². The zero-order chi connectivity index (χ0) is 40.5. The number of ether oxygens (including phenoxy) is 1. The van der Waals surface area contributed by atoms with E-state index in [-0.39, 0.29) is 49.1 Å². The van der Waals surface area contributed by atoms with E-state index >= 15 is 0 Å². The minimum atomic E-state index is -3.09. The monoisotopic (exact) mass is 779 g/mol. The van der Waals surface area contributed by atoms with E-state index in [9.17, 15) is 34.2 Å². The van der Waals surface area contributed by atoms with Crippen molar-refractivity contribution in [2.75, 3.05) is 19.8 Å². The Morgan fingerprint density at radius 3 is 2.16 bits per heavy atom. The number of nitriles is 1. The Morgan fingerprint density at radius 1 is 0.947 bits per heavy atom. The summed E-state index contributed by atoms with van der Waals surface area (Å²) in [6, 6.07) is 19.2. The molecule has 2 aromatic heterocycles. The molecule has 6 aromatic rings. The molecular formula is C43H43F2N5O7. The first-order valence-electron chi connectivity index (χ1n) is 18.8. The molecule has 12 nitrogen and oxygen atoms in total. The lowest BCUT2D eigenvalue weighted by Gasteiger charge is -2.32. The van der Waals surface area contributed by atoms with Crippen molar-refractivity contribution in [2.24, 2.45) is 0 Å². The smallest absolute Gasteiger partial charge is 0.387 e. The molecule has 3 atom stereocenters. The summed E-state index contributed by atoms with van der Waals surface area (Å²) in [6.07, 6.45) is 1.16. The Labute approximate surface area is 327 Å². The number of nitrogens with zero attached hydrogens (tertiary/aromatic N) is 5. The molecule has 57 heavy (non-hydrogen) atoms. The van der Waals surface area contributed by atoms with Crippen LogP contribution >= 0.6 is 0 Å². The van der Waals surface area contributed by atoms with Crippen LogP contribution in [-0.4, -0.2) is 85.6 Å². The molecule has 1 fully saturated rings. The first-order valence-corrected chi connectivity index (χ1v) is 18.8. The van der Waals surface area contributed by atoms with E-state index in [1.165, 1.54) is 6.07 Å². The number of carboxylic acid groups (broad SMARTS) is 1. The Hall–Kier alpha value is -5.72. The molecule has 0 radical (unpaired) electrons. The van der Waals surface area contributed by atoms with Gasteiger partial charge in [0.1, 0.15) is 28.9 Å². The van der Waals surface area contributed by atoms with Gasteiger partial charge in [-0.3, -0.25) is 14.6 Å². The van der Waals surface area contributed by atoms with Crippen molar-refractivity contribution in [1.82, 2.24) is 19.8 Å². The minimum Gasteiger partial charge on any atom is -0.480 e. The number of carbonyl (C=O) groups is 1. The van der Waals surface area contributed by atoms with Gasteiger partial charge in [0.2, 0.25) is 11.8 Å². The van der Waals surface area contributed by atoms with Gasteiger partial charge in [-0.05, 0) is 105 Å². The molecule has 0 saturated carbocycles. The molecule has 3 heterocycles. The van der Waals surface area contributed by atoms with Crippen LogP contribution < -0.4 is 4.74 Å². The third kappa shape index (κ3) is 7.84. The summed E-state index contributed by atoms with van der Waals surface area (Å²) in [6.45, 7) is 5.41. The van der Waals surface area contributed by atoms with Crippen molar-refractivity contribution in [2.45, 2.75) is 78.4 Å². The van der Waals surface area contributed by atoms with E-state index in [1.54, 1.807) is 17.0 Å². The zero-order valence-electron chi connectivity index (χ0n) is 32.0. The number of oxazole rings is 2. The van der Waals surface area contributed by atoms with Crippen LogP contribution in [0, 0.1) is 25.2 Å². The highest BCUT2D eigenvalue weighted by molar-refractivity contribution is 5.86. The molecule has 2 unspecified atom stereocenters. The maximum Gasteiger partial charge on any atom is 0.387 e. The number of aliphatic carboxylic acids is 1. The fourth-order valence-electron chi connectivity index (χ4n) is 7.82. The molecule has 0 amide bonds. The number of benzene rings is 4. The molecule has 0 spiro atoms. The van der Waals surface area contributed by atoms with E-state index in [0.29, 0.717) is 65.1 Å². The molecule has 0 bridgehead atoms. The highest BCUT2D eigenvalue weighted by Gasteiger charge is 2.32. The van der Waals surface area contributed by atoms with Gasteiger partial charge in [-0.1, -0.05) is 24.3 Å². The Morgan fingerprint density at radius 2 is 1.56 bits per heavy atom. The van der Waals surface area contributed by atoms with Gasteiger partial charge in [-0.25, -0.2) is 9.97 Å². The third-order valence-corrected chi connectivity index (χ3v) is 10.9. The normalized spacial score (nSPS) is 15.8. The topological polar surface area (TPSA) is 169 Å². The molecule has 14 heteroatoms. The molecule has 7 rings (SSSR count). The summed E-state index contributed by atoms with van der Waals surface area (Å²) in [5.41, 5.74) is 7.97. The van der Waals surface area contributed by atoms with Gasteiger partial charge in [-0.15, -0.1) is 0 Å². The van der Waals surface area contributed by atoms with Gasteiger partial charge in [-0.2, -0.15) is 14.0 Å². The van der Waals surface area contributed by atoms with Crippen LogP contribution in [0.4, 0.5) is 8.78 Å². The first-order chi connectivity index (χ1) is 27.4. The first kappa shape index (κ1) is 39.5. The van der Waals surface area contributed by atoms with Crippen LogP contribution in [0.2, 0.25) is 0 Å². The predicted octanol–water partition coefficient (Wildman–Crippen LogP) is 7.67. The summed E-state index contributed by atoms with van der Waals surface area (Å²) in [5, 5.41) is 39.4. The molecule has 0 aliphatic carbocycles. The summed E-state index contributed by atoms with van der Waals surface area (Å²) in [5.74, 6) is -0.428. The van der Waals surface area contributed by atoms with Crippen molar-refractivity contribution >= 4 is 28.2 Å². The number of alkyl halides is 2. The Kier molecular flexibility index (Phi) is 11.4. The van der Waals surface area contributed by atoms with E-state index in [0.717, 1.165) is 33.4 Å². The lowest BCUT2D eigenvalue weighted by Crippen LogP contribution is -2.43. The Bertz CT molecular complexity index is 2480. The van der Waals surface area contributed by atoms with Crippen molar-refractivity contribution < 1.29 is 42.5 Å². The van der Waals surface area contributed by atoms with E-state index in [4.69, 9.17) is 23.5 Å². The fourth-order valence-corrected chi connectivity index (χ4v) is 7.82. The Balaban J connectivity index is 1.23. The number of aliphatic hydroxyl groups excluding tert-OH is 2. The van der Waals surface area contributed by atoms with Crippen LogP contribution in [0.15, 0.2) is 69.5 Å². The third-order valence-electron chi connectivity index (χ3n) is 10.9. The van der Waals surface area contributed by atoms with Gasteiger partial charge >= 0.3 is 12.6 Å². The number of carboxylic acids is 1. The lowest BCUT2D eigenvalue weighted by atomic mass is 9.91. The molecule has 296 valence electrons. The van der Waals surface area contributed by atoms with Gasteiger partial charge in [0.05, 0.1) is 18.8 Å². The van der Waals surface area contributed by atoms with Gasteiger partial charge in [0.15, 0.2) is 11.2 Å². The number of halogens is 2. The second kappa shape index (κ2) is 16.4. The summed E-state index contributed by atoms with van der Waals surface area (Å²) >= 11 is 0. The number of aliphatic hydroxyl groups is 2. The maximum absolute atomic E-state index is 13.5. The highest BCUT2D eigenvalue weighted by Crippen LogP contribution is 2.39. The standard InChI is InChI=1S/C43H43F2N5O7/c1-23(21-51)50(24(2)22-52)19-27-14-28(18-46)39-35(15-27)48-41(57-39)33-11-6-9-31(26(33)4)30-8-5-10-32(25(30)3)40-47-34-16-29(20-49-13-7-12-36(49)42(53)54)37(56-43(44)45)17-38(34)55-40/h5-6,8-11,14-17,23-24,36,43,51-52H,7,12-13,19-22H2,1-4H3,(H,53,54)/t23?,24?,36-/m0/s1. The average Bonchev–Trinajstić information content (AvgIpc) is 3.95. The number of hydrogen-bond acceptors (Lipinski definition) is 11. The van der Waals surface area contributed by atoms with Crippen LogP contribution in [0.25, 0.3) is 56.2 Å². The largest absolute Gasteiger partial charge is 0.480 e. The summed E-state index contributed by atoms with van der Waals surface area (Å²) < 4.78 is 44.3. The van der Waals surface area contributed by atoms with Crippen molar-refractivity contribution in [3.8, 4) is 45.9 Å². The number of likely N-dealkylation sites (tertiary alicyclic amines) is 1. The molecule has 4 aromatic carbocycles. The lowest BCUT2D eigenvalue weighted by molar-refractivity contribution is -0.142. The van der Waals surface area contributed by atoms with Crippen molar-refractivity contribution in [3.63, 3.8) is 0 Å².